The summed E-state index contributed by atoms with van der Waals surface area (Å²) in [7, 11) is -4.51. The Hall–Kier alpha value is -2.09. The lowest BCUT2D eigenvalue weighted by Crippen LogP contribution is -2.29. The molecule has 31 heavy (non-hydrogen) atoms. The van der Waals surface area contributed by atoms with Crippen LogP contribution < -0.4 is 5.32 Å². The second-order valence-corrected chi connectivity index (χ2v) is 10.0. The van der Waals surface area contributed by atoms with Gasteiger partial charge in [0.2, 0.25) is 11.6 Å². The molecule has 0 saturated heterocycles. The summed E-state index contributed by atoms with van der Waals surface area (Å²) in [5.41, 5.74) is 4.08. The van der Waals surface area contributed by atoms with E-state index in [1.165, 1.54) is 0 Å². The van der Waals surface area contributed by atoms with E-state index in [-0.39, 0.29) is 25.1 Å². The first-order chi connectivity index (χ1) is 14.5. The monoisotopic (exact) mass is 447 g/mol. The van der Waals surface area contributed by atoms with Crippen molar-refractivity contribution in [1.82, 2.24) is 5.32 Å². The minimum atomic E-state index is -4.51. The zero-order valence-corrected chi connectivity index (χ0v) is 18.7. The molecule has 2 aromatic rings. The molecule has 0 atom stereocenters. The lowest BCUT2D eigenvalue weighted by atomic mass is 9.69. The molecule has 166 valence electrons. The molecule has 9 heteroatoms. The van der Waals surface area contributed by atoms with Gasteiger partial charge in [-0.15, -0.1) is 0 Å². The molecule has 1 aromatic carbocycles. The van der Waals surface area contributed by atoms with Gasteiger partial charge in [-0.05, 0) is 42.7 Å². The highest BCUT2D eigenvalue weighted by atomic mass is 31.2. The summed E-state index contributed by atoms with van der Waals surface area (Å²) in [5, 5.41) is 2.98. The van der Waals surface area contributed by atoms with Gasteiger partial charge in [-0.1, -0.05) is 26.0 Å². The van der Waals surface area contributed by atoms with Crippen molar-refractivity contribution in [3.05, 3.63) is 45.7 Å². The number of benzene rings is 1. The first-order valence-electron chi connectivity index (χ1n) is 10.3. The predicted molar refractivity (Wildman–Crippen MR) is 113 cm³/mol. The molecule has 1 heterocycles. The van der Waals surface area contributed by atoms with Crippen LogP contribution in [0.25, 0.3) is 11.3 Å². The Kier molecular flexibility index (Phi) is 5.56. The fourth-order valence-electron chi connectivity index (χ4n) is 4.69. The highest BCUT2D eigenvalue weighted by Crippen LogP contribution is 2.45. The minimum absolute atomic E-state index is 0.0461. The molecule has 3 N–H and O–H groups in total. The molecular formula is C22H26NO7P. The number of ketones is 2. The number of rotatable bonds is 6. The fourth-order valence-corrected chi connectivity index (χ4v) is 5.02. The zero-order valence-electron chi connectivity index (χ0n) is 17.8. The fraction of sp³-hybridized carbons (Fsp3) is 0.455. The largest absolute Gasteiger partial charge is 0.469 e. The van der Waals surface area contributed by atoms with E-state index in [0.29, 0.717) is 33.8 Å². The average molecular weight is 447 g/mol. The van der Waals surface area contributed by atoms with E-state index in [1.54, 1.807) is 6.92 Å². The molecule has 8 nitrogen and oxygen atoms in total. The molecule has 0 unspecified atom stereocenters. The summed E-state index contributed by atoms with van der Waals surface area (Å²) < 4.78 is 21.2. The first kappa shape index (κ1) is 22.1. The third-order valence-electron chi connectivity index (χ3n) is 6.24. The van der Waals surface area contributed by atoms with Gasteiger partial charge < -0.3 is 19.5 Å². The third kappa shape index (κ3) is 3.95. The molecule has 0 bridgehead atoms. The number of Topliss-reactive ketones (excluding diaryl/α,β-unsaturated/α-hetero) is 2. The number of carbonyl (C=O) groups is 2. The number of hydrogen-bond donors (Lipinski definition) is 3. The Morgan fingerprint density at radius 3 is 2.61 bits per heavy atom. The Bertz CT molecular complexity index is 1130. The topological polar surface area (TPSA) is 126 Å². The van der Waals surface area contributed by atoms with E-state index in [0.717, 1.165) is 30.4 Å². The number of fused-ring (bicyclic) bond motifs is 5. The maximum atomic E-state index is 13.1. The first-order valence-corrected chi connectivity index (χ1v) is 11.8. The molecule has 0 aliphatic heterocycles. The van der Waals surface area contributed by atoms with Gasteiger partial charge in [-0.2, -0.15) is 0 Å². The SMILES string of the molecule is Cc1c(CNCCOP(=O)(O)O)oc2c1C(=O)C(=O)c1c-2ccc2c1CCCC2(C)C. The normalized spacial score (nSPS) is 17.3. The van der Waals surface area contributed by atoms with Crippen molar-refractivity contribution in [3.8, 4) is 11.3 Å². The molecule has 0 fully saturated rings. The second kappa shape index (κ2) is 7.80. The summed E-state index contributed by atoms with van der Waals surface area (Å²) in [5.74, 6) is -0.0908. The second-order valence-electron chi connectivity index (χ2n) is 8.76. The highest BCUT2D eigenvalue weighted by molar-refractivity contribution is 7.46. The number of phosphoric acid groups is 1. The third-order valence-corrected chi connectivity index (χ3v) is 6.76. The van der Waals surface area contributed by atoms with Crippen molar-refractivity contribution in [2.24, 2.45) is 0 Å². The van der Waals surface area contributed by atoms with Gasteiger partial charge in [-0.3, -0.25) is 14.1 Å². The van der Waals surface area contributed by atoms with Gasteiger partial charge in [-0.25, -0.2) is 4.57 Å². The van der Waals surface area contributed by atoms with Crippen LogP contribution in [0.1, 0.15) is 69.9 Å². The summed E-state index contributed by atoms with van der Waals surface area (Å²) in [6.45, 7) is 6.30. The van der Waals surface area contributed by atoms with E-state index >= 15 is 0 Å². The van der Waals surface area contributed by atoms with Crippen molar-refractivity contribution in [3.63, 3.8) is 0 Å². The number of phosphoric ester groups is 1. The van der Waals surface area contributed by atoms with Crippen molar-refractivity contribution in [2.75, 3.05) is 13.2 Å². The summed E-state index contributed by atoms with van der Waals surface area (Å²) in [6, 6.07) is 3.94. The molecule has 0 saturated carbocycles. The van der Waals surface area contributed by atoms with Gasteiger partial charge in [0.05, 0.1) is 18.7 Å². The van der Waals surface area contributed by atoms with Crippen molar-refractivity contribution in [2.45, 2.75) is 52.0 Å². The summed E-state index contributed by atoms with van der Waals surface area (Å²) in [4.78, 5) is 43.6. The van der Waals surface area contributed by atoms with Crippen molar-refractivity contribution < 1.29 is 32.9 Å². The van der Waals surface area contributed by atoms with Gasteiger partial charge in [0, 0.05) is 23.2 Å². The van der Waals surface area contributed by atoms with Crippen LogP contribution in [0.15, 0.2) is 16.5 Å². The lowest BCUT2D eigenvalue weighted by molar-refractivity contribution is 0.0813. The van der Waals surface area contributed by atoms with Gasteiger partial charge in [0.25, 0.3) is 0 Å². The smallest absolute Gasteiger partial charge is 0.459 e. The van der Waals surface area contributed by atoms with Crippen LogP contribution in [0, 0.1) is 6.92 Å². The van der Waals surface area contributed by atoms with Gasteiger partial charge in [0.1, 0.15) is 11.5 Å². The van der Waals surface area contributed by atoms with E-state index in [1.807, 2.05) is 6.07 Å². The van der Waals surface area contributed by atoms with Crippen molar-refractivity contribution >= 4 is 19.4 Å². The van der Waals surface area contributed by atoms with Crippen LogP contribution in [0.4, 0.5) is 0 Å². The number of furan rings is 1. The average Bonchev–Trinajstić information content (AvgIpc) is 3.01. The van der Waals surface area contributed by atoms with Crippen LogP contribution in [0.2, 0.25) is 0 Å². The standard InChI is InChI=1S/C22H26NO7P/c1-12-16(11-23-9-10-29-31(26,27)28)30-21-14-6-7-15-13(5-4-8-22(15,2)3)18(14)20(25)19(24)17(12)21/h6-7,23H,4-5,8-11H2,1-3H3,(H2,26,27,28). The van der Waals surface area contributed by atoms with Gasteiger partial charge in [0.15, 0.2) is 0 Å². The molecule has 4 rings (SSSR count). The molecule has 2 aliphatic rings. The Labute approximate surface area is 180 Å². The number of nitrogens with one attached hydrogen (secondary N) is 1. The number of carbonyl (C=O) groups excluding carboxylic acids is 2. The van der Waals surface area contributed by atoms with Crippen LogP contribution >= 0.6 is 7.82 Å². The zero-order chi connectivity index (χ0) is 22.6. The maximum absolute atomic E-state index is 13.1. The summed E-state index contributed by atoms with van der Waals surface area (Å²) >= 11 is 0. The quantitative estimate of drug-likeness (QED) is 0.349. The highest BCUT2D eigenvalue weighted by Gasteiger charge is 2.40. The van der Waals surface area contributed by atoms with Crippen LogP contribution in [0.5, 0.6) is 0 Å². The van der Waals surface area contributed by atoms with Crippen LogP contribution in [-0.4, -0.2) is 34.5 Å². The Morgan fingerprint density at radius 2 is 1.90 bits per heavy atom. The van der Waals surface area contributed by atoms with E-state index in [9.17, 15) is 14.2 Å². The molecular weight excluding hydrogens is 421 g/mol. The van der Waals surface area contributed by atoms with Crippen LogP contribution in [-0.2, 0) is 27.5 Å². The predicted octanol–water partition coefficient (Wildman–Crippen LogP) is 3.45. The van der Waals surface area contributed by atoms with Crippen molar-refractivity contribution in [1.29, 1.82) is 0 Å². The van der Waals surface area contributed by atoms with Gasteiger partial charge >= 0.3 is 7.82 Å². The molecule has 0 radical (unpaired) electrons. The van der Waals surface area contributed by atoms with E-state index in [2.05, 4.69) is 29.8 Å². The summed E-state index contributed by atoms with van der Waals surface area (Å²) in [6.07, 6.45) is 2.77. The maximum Gasteiger partial charge on any atom is 0.469 e. The minimum Gasteiger partial charge on any atom is -0.459 e. The van der Waals surface area contributed by atoms with E-state index in [4.69, 9.17) is 14.2 Å². The molecule has 2 aliphatic carbocycles. The van der Waals surface area contributed by atoms with Crippen LogP contribution in [0.3, 0.4) is 0 Å². The Morgan fingerprint density at radius 1 is 1.19 bits per heavy atom. The lowest BCUT2D eigenvalue weighted by Gasteiger charge is -2.34. The molecule has 0 spiro atoms. The van der Waals surface area contributed by atoms with E-state index < -0.39 is 19.4 Å². The molecule has 1 aromatic heterocycles. The number of hydrogen-bond acceptors (Lipinski definition) is 6. The Balaban J connectivity index is 1.67. The molecule has 0 amide bonds.